The number of carbonyl (C=O) groups excluding carboxylic acids is 2. The van der Waals surface area contributed by atoms with E-state index in [-0.39, 0.29) is 11.8 Å². The van der Waals surface area contributed by atoms with Crippen LogP contribution in [0.2, 0.25) is 0 Å². The summed E-state index contributed by atoms with van der Waals surface area (Å²) in [6.45, 7) is 4.53. The second kappa shape index (κ2) is 4.61. The summed E-state index contributed by atoms with van der Waals surface area (Å²) in [7, 11) is 1.56. The molecule has 1 aliphatic rings. The standard InChI is InChI=1S/C12H16N2O3S/c1-12(2)11(16)13-4-5-14(12)10(15)9-6-8(17-3)7-18-9/h6-7H,4-5H2,1-3H3,(H,13,16). The average Bonchev–Trinajstić information content (AvgIpc) is 2.80. The van der Waals surface area contributed by atoms with Gasteiger partial charge in [-0.15, -0.1) is 11.3 Å². The highest BCUT2D eigenvalue weighted by Crippen LogP contribution is 2.26. The molecule has 1 aromatic rings. The van der Waals surface area contributed by atoms with Gasteiger partial charge in [0.1, 0.15) is 11.3 Å². The van der Waals surface area contributed by atoms with Gasteiger partial charge in [0, 0.05) is 24.5 Å². The smallest absolute Gasteiger partial charge is 0.265 e. The van der Waals surface area contributed by atoms with Crippen molar-refractivity contribution in [3.63, 3.8) is 0 Å². The van der Waals surface area contributed by atoms with Crippen LogP contribution < -0.4 is 10.1 Å². The Morgan fingerprint density at radius 3 is 2.89 bits per heavy atom. The number of hydrogen-bond donors (Lipinski definition) is 1. The van der Waals surface area contributed by atoms with Crippen LogP contribution in [0, 0.1) is 0 Å². The predicted molar refractivity (Wildman–Crippen MR) is 69.0 cm³/mol. The molecule has 1 aromatic heterocycles. The maximum absolute atomic E-state index is 12.4. The van der Waals surface area contributed by atoms with E-state index in [0.717, 1.165) is 0 Å². The first-order valence-corrected chi connectivity index (χ1v) is 6.57. The Labute approximate surface area is 110 Å². The molecule has 0 aromatic carbocycles. The van der Waals surface area contributed by atoms with Gasteiger partial charge in [0.25, 0.3) is 5.91 Å². The monoisotopic (exact) mass is 268 g/mol. The minimum absolute atomic E-state index is 0.120. The van der Waals surface area contributed by atoms with E-state index in [1.165, 1.54) is 11.3 Å². The van der Waals surface area contributed by atoms with E-state index in [9.17, 15) is 9.59 Å². The number of nitrogens with zero attached hydrogens (tertiary/aromatic N) is 1. The van der Waals surface area contributed by atoms with Gasteiger partial charge in [0.05, 0.1) is 12.0 Å². The van der Waals surface area contributed by atoms with Crippen molar-refractivity contribution < 1.29 is 14.3 Å². The Kier molecular flexibility index (Phi) is 3.30. The zero-order chi connectivity index (χ0) is 13.3. The summed E-state index contributed by atoms with van der Waals surface area (Å²) in [5.74, 6) is 0.427. The van der Waals surface area contributed by atoms with Crippen LogP contribution >= 0.6 is 11.3 Å². The van der Waals surface area contributed by atoms with Gasteiger partial charge >= 0.3 is 0 Å². The SMILES string of the molecule is COc1csc(C(=O)N2CCNC(=O)C2(C)C)c1. The molecule has 0 bridgehead atoms. The first-order chi connectivity index (χ1) is 8.46. The lowest BCUT2D eigenvalue weighted by Gasteiger charge is -2.40. The van der Waals surface area contributed by atoms with Crippen molar-refractivity contribution in [2.75, 3.05) is 20.2 Å². The summed E-state index contributed by atoms with van der Waals surface area (Å²) in [6.07, 6.45) is 0. The molecule has 2 amide bonds. The van der Waals surface area contributed by atoms with Crippen molar-refractivity contribution in [2.24, 2.45) is 0 Å². The predicted octanol–water partition coefficient (Wildman–Crippen LogP) is 1.11. The van der Waals surface area contributed by atoms with Gasteiger partial charge in [-0.3, -0.25) is 9.59 Å². The molecule has 5 nitrogen and oxygen atoms in total. The third-order valence-electron chi connectivity index (χ3n) is 3.12. The maximum atomic E-state index is 12.4. The third kappa shape index (κ3) is 2.08. The molecule has 2 rings (SSSR count). The Morgan fingerprint density at radius 1 is 1.56 bits per heavy atom. The first kappa shape index (κ1) is 12.9. The zero-order valence-electron chi connectivity index (χ0n) is 10.6. The summed E-state index contributed by atoms with van der Waals surface area (Å²) in [5, 5.41) is 4.55. The number of thiophene rings is 1. The normalized spacial score (nSPS) is 18.4. The lowest BCUT2D eigenvalue weighted by Crippen LogP contribution is -2.63. The summed E-state index contributed by atoms with van der Waals surface area (Å²) in [5.41, 5.74) is -0.813. The lowest BCUT2D eigenvalue weighted by molar-refractivity contribution is -0.133. The average molecular weight is 268 g/mol. The molecule has 98 valence electrons. The Balaban J connectivity index is 2.24. The summed E-state index contributed by atoms with van der Waals surface area (Å²) in [4.78, 5) is 26.4. The molecule has 1 N–H and O–H groups in total. The number of methoxy groups -OCH3 is 1. The molecule has 0 spiro atoms. The summed E-state index contributed by atoms with van der Waals surface area (Å²) < 4.78 is 5.07. The van der Waals surface area contributed by atoms with Crippen LogP contribution in [-0.4, -0.2) is 42.5 Å². The van der Waals surface area contributed by atoms with Crippen LogP contribution in [0.5, 0.6) is 5.75 Å². The van der Waals surface area contributed by atoms with Crippen LogP contribution in [0.15, 0.2) is 11.4 Å². The molecule has 1 saturated heterocycles. The highest BCUT2D eigenvalue weighted by Gasteiger charge is 2.41. The molecule has 0 unspecified atom stereocenters. The largest absolute Gasteiger partial charge is 0.496 e. The Morgan fingerprint density at radius 2 is 2.28 bits per heavy atom. The molecular formula is C12H16N2O3S. The van der Waals surface area contributed by atoms with Crippen molar-refractivity contribution in [1.82, 2.24) is 10.2 Å². The highest BCUT2D eigenvalue weighted by atomic mass is 32.1. The van der Waals surface area contributed by atoms with Crippen molar-refractivity contribution in [2.45, 2.75) is 19.4 Å². The first-order valence-electron chi connectivity index (χ1n) is 5.69. The zero-order valence-corrected chi connectivity index (χ0v) is 11.5. The van der Waals surface area contributed by atoms with Crippen molar-refractivity contribution >= 4 is 23.2 Å². The van der Waals surface area contributed by atoms with Crippen LogP contribution in [0.25, 0.3) is 0 Å². The number of amides is 2. The van der Waals surface area contributed by atoms with Crippen molar-refractivity contribution in [3.8, 4) is 5.75 Å². The van der Waals surface area contributed by atoms with Gasteiger partial charge in [0.2, 0.25) is 5.91 Å². The molecular weight excluding hydrogens is 252 g/mol. The second-order valence-corrected chi connectivity index (χ2v) is 5.53. The number of carbonyl (C=O) groups is 2. The molecule has 0 atom stereocenters. The van der Waals surface area contributed by atoms with Gasteiger partial charge in [-0.2, -0.15) is 0 Å². The van der Waals surface area contributed by atoms with E-state index in [1.54, 1.807) is 37.3 Å². The van der Waals surface area contributed by atoms with Crippen LogP contribution in [-0.2, 0) is 4.79 Å². The highest BCUT2D eigenvalue weighted by molar-refractivity contribution is 7.12. The molecule has 6 heteroatoms. The minimum atomic E-state index is -0.813. The fourth-order valence-electron chi connectivity index (χ4n) is 1.93. The van der Waals surface area contributed by atoms with E-state index >= 15 is 0 Å². The topological polar surface area (TPSA) is 58.6 Å². The van der Waals surface area contributed by atoms with Gasteiger partial charge < -0.3 is 15.0 Å². The van der Waals surface area contributed by atoms with Gasteiger partial charge in [-0.25, -0.2) is 0 Å². The fraction of sp³-hybridized carbons (Fsp3) is 0.500. The minimum Gasteiger partial charge on any atom is -0.496 e. The molecule has 2 heterocycles. The van der Waals surface area contributed by atoms with E-state index in [0.29, 0.717) is 23.7 Å². The number of piperazine rings is 1. The number of ether oxygens (including phenoxy) is 1. The fourth-order valence-corrected chi connectivity index (χ4v) is 2.73. The molecule has 18 heavy (non-hydrogen) atoms. The summed E-state index contributed by atoms with van der Waals surface area (Å²) in [6, 6.07) is 1.70. The molecule has 0 aliphatic carbocycles. The van der Waals surface area contributed by atoms with Crippen molar-refractivity contribution in [1.29, 1.82) is 0 Å². The lowest BCUT2D eigenvalue weighted by atomic mass is 9.98. The van der Waals surface area contributed by atoms with Gasteiger partial charge in [-0.05, 0) is 13.8 Å². The van der Waals surface area contributed by atoms with E-state index in [1.807, 2.05) is 0 Å². The van der Waals surface area contributed by atoms with E-state index in [4.69, 9.17) is 4.74 Å². The Bertz CT molecular complexity index is 481. The van der Waals surface area contributed by atoms with Crippen LogP contribution in [0.1, 0.15) is 23.5 Å². The molecule has 0 saturated carbocycles. The van der Waals surface area contributed by atoms with E-state index < -0.39 is 5.54 Å². The van der Waals surface area contributed by atoms with E-state index in [2.05, 4.69) is 5.32 Å². The van der Waals surface area contributed by atoms with Gasteiger partial charge in [-0.1, -0.05) is 0 Å². The Hall–Kier alpha value is -1.56. The molecule has 0 radical (unpaired) electrons. The number of hydrogen-bond acceptors (Lipinski definition) is 4. The van der Waals surface area contributed by atoms with Gasteiger partial charge in [0.15, 0.2) is 0 Å². The third-order valence-corrected chi connectivity index (χ3v) is 4.02. The quantitative estimate of drug-likeness (QED) is 0.874. The summed E-state index contributed by atoms with van der Waals surface area (Å²) >= 11 is 1.33. The van der Waals surface area contributed by atoms with Crippen LogP contribution in [0.3, 0.4) is 0 Å². The van der Waals surface area contributed by atoms with Crippen molar-refractivity contribution in [3.05, 3.63) is 16.3 Å². The van der Waals surface area contributed by atoms with Crippen LogP contribution in [0.4, 0.5) is 0 Å². The maximum Gasteiger partial charge on any atom is 0.265 e. The second-order valence-electron chi connectivity index (χ2n) is 4.62. The molecule has 1 fully saturated rings. The number of rotatable bonds is 2. The number of nitrogens with one attached hydrogen (secondary N) is 1. The molecule has 1 aliphatic heterocycles.